The summed E-state index contributed by atoms with van der Waals surface area (Å²) in [5.41, 5.74) is 8.24. The Kier molecular flexibility index (Phi) is 5.04. The molecule has 1 aliphatic rings. The van der Waals surface area contributed by atoms with Crippen LogP contribution in [-0.4, -0.2) is 30.4 Å². The molecule has 0 atom stereocenters. The zero-order valence-corrected chi connectivity index (χ0v) is 12.4. The van der Waals surface area contributed by atoms with Crippen LogP contribution in [0.15, 0.2) is 29.8 Å². The standard InChI is InChI=1S/C15H20ClN3O/c1-11-4-7-19(8-5-11)9-6-15(20)18-14-3-2-12(17)10-13(14)16/h2-4,10H,5-9,17H2,1H3,(H,18,20). The number of benzene rings is 1. The van der Waals surface area contributed by atoms with Crippen molar-refractivity contribution in [2.75, 3.05) is 30.7 Å². The summed E-state index contributed by atoms with van der Waals surface area (Å²) in [7, 11) is 0. The average Bonchev–Trinajstić information content (AvgIpc) is 2.41. The van der Waals surface area contributed by atoms with E-state index in [9.17, 15) is 4.79 Å². The minimum Gasteiger partial charge on any atom is -0.399 e. The van der Waals surface area contributed by atoms with Gasteiger partial charge in [-0.2, -0.15) is 0 Å². The Labute approximate surface area is 124 Å². The highest BCUT2D eigenvalue weighted by Gasteiger charge is 2.12. The number of carbonyl (C=O) groups is 1. The predicted molar refractivity (Wildman–Crippen MR) is 83.9 cm³/mol. The molecular weight excluding hydrogens is 274 g/mol. The molecule has 2 rings (SSSR count). The summed E-state index contributed by atoms with van der Waals surface area (Å²) in [6.07, 6.45) is 3.78. The SMILES string of the molecule is CC1=CCN(CCC(=O)Nc2ccc(N)cc2Cl)CC1. The zero-order valence-electron chi connectivity index (χ0n) is 11.7. The van der Waals surface area contributed by atoms with E-state index in [2.05, 4.69) is 23.2 Å². The number of nitrogens with one attached hydrogen (secondary N) is 1. The van der Waals surface area contributed by atoms with E-state index in [0.29, 0.717) is 22.8 Å². The summed E-state index contributed by atoms with van der Waals surface area (Å²) in [5, 5.41) is 3.28. The molecule has 108 valence electrons. The first kappa shape index (κ1) is 14.9. The van der Waals surface area contributed by atoms with E-state index < -0.39 is 0 Å². The van der Waals surface area contributed by atoms with Crippen molar-refractivity contribution < 1.29 is 4.79 Å². The number of nitrogens with two attached hydrogens (primary N) is 1. The number of nitrogen functional groups attached to an aromatic ring is 1. The van der Waals surface area contributed by atoms with Gasteiger partial charge in [-0.15, -0.1) is 0 Å². The van der Waals surface area contributed by atoms with E-state index in [-0.39, 0.29) is 5.91 Å². The molecule has 20 heavy (non-hydrogen) atoms. The first-order chi connectivity index (χ1) is 9.54. The lowest BCUT2D eigenvalue weighted by Crippen LogP contribution is -2.31. The first-order valence-electron chi connectivity index (χ1n) is 6.77. The Balaban J connectivity index is 1.81. The fraction of sp³-hybridized carbons (Fsp3) is 0.400. The van der Waals surface area contributed by atoms with Gasteiger partial charge in [-0.25, -0.2) is 0 Å². The Hall–Kier alpha value is -1.52. The number of carbonyl (C=O) groups excluding carboxylic acids is 1. The maximum atomic E-state index is 11.9. The van der Waals surface area contributed by atoms with Gasteiger partial charge in [-0.05, 0) is 31.5 Å². The van der Waals surface area contributed by atoms with Crippen LogP contribution >= 0.6 is 11.6 Å². The van der Waals surface area contributed by atoms with Crippen LogP contribution in [0.1, 0.15) is 19.8 Å². The van der Waals surface area contributed by atoms with E-state index in [1.807, 2.05) is 0 Å². The Morgan fingerprint density at radius 3 is 2.95 bits per heavy atom. The Bertz CT molecular complexity index is 528. The van der Waals surface area contributed by atoms with Crippen molar-refractivity contribution in [1.29, 1.82) is 0 Å². The second-order valence-corrected chi connectivity index (χ2v) is 5.55. The molecular formula is C15H20ClN3O. The molecule has 4 nitrogen and oxygen atoms in total. The number of nitrogens with zero attached hydrogens (tertiary/aromatic N) is 1. The van der Waals surface area contributed by atoms with Crippen molar-refractivity contribution in [3.63, 3.8) is 0 Å². The van der Waals surface area contributed by atoms with Gasteiger partial charge in [-0.3, -0.25) is 9.69 Å². The first-order valence-corrected chi connectivity index (χ1v) is 7.15. The Morgan fingerprint density at radius 1 is 1.50 bits per heavy atom. The predicted octanol–water partition coefficient (Wildman–Crippen LogP) is 2.90. The van der Waals surface area contributed by atoms with Crippen LogP contribution in [0.4, 0.5) is 11.4 Å². The minimum absolute atomic E-state index is 0.0250. The molecule has 0 unspecified atom stereocenters. The molecule has 1 aromatic carbocycles. The summed E-state index contributed by atoms with van der Waals surface area (Å²) >= 11 is 6.03. The van der Waals surface area contributed by atoms with Crippen molar-refractivity contribution in [2.24, 2.45) is 0 Å². The Morgan fingerprint density at radius 2 is 2.30 bits per heavy atom. The lowest BCUT2D eigenvalue weighted by Gasteiger charge is -2.24. The highest BCUT2D eigenvalue weighted by atomic mass is 35.5. The quantitative estimate of drug-likeness (QED) is 0.663. The summed E-state index contributed by atoms with van der Waals surface area (Å²) in [5.74, 6) is -0.0250. The number of anilines is 2. The summed E-state index contributed by atoms with van der Waals surface area (Å²) in [4.78, 5) is 14.2. The lowest BCUT2D eigenvalue weighted by molar-refractivity contribution is -0.116. The van der Waals surface area contributed by atoms with Crippen LogP contribution in [0.3, 0.4) is 0 Å². The average molecular weight is 294 g/mol. The highest BCUT2D eigenvalue weighted by Crippen LogP contribution is 2.24. The fourth-order valence-corrected chi connectivity index (χ4v) is 2.36. The summed E-state index contributed by atoms with van der Waals surface area (Å²) < 4.78 is 0. The van der Waals surface area contributed by atoms with Gasteiger partial charge in [0.05, 0.1) is 10.7 Å². The molecule has 0 spiro atoms. The van der Waals surface area contributed by atoms with Gasteiger partial charge in [0, 0.05) is 31.7 Å². The van der Waals surface area contributed by atoms with Gasteiger partial charge >= 0.3 is 0 Å². The van der Waals surface area contributed by atoms with Crippen LogP contribution in [-0.2, 0) is 4.79 Å². The molecule has 1 aromatic rings. The molecule has 0 aromatic heterocycles. The lowest BCUT2D eigenvalue weighted by atomic mass is 10.1. The fourth-order valence-electron chi connectivity index (χ4n) is 2.12. The molecule has 0 fully saturated rings. The summed E-state index contributed by atoms with van der Waals surface area (Å²) in [6.45, 7) is 4.87. The number of halogens is 1. The molecule has 0 radical (unpaired) electrons. The zero-order chi connectivity index (χ0) is 14.5. The van der Waals surface area contributed by atoms with Crippen molar-refractivity contribution in [1.82, 2.24) is 4.90 Å². The van der Waals surface area contributed by atoms with Crippen molar-refractivity contribution >= 4 is 28.9 Å². The van der Waals surface area contributed by atoms with Crippen LogP contribution < -0.4 is 11.1 Å². The minimum atomic E-state index is -0.0250. The van der Waals surface area contributed by atoms with Gasteiger partial charge < -0.3 is 11.1 Å². The summed E-state index contributed by atoms with van der Waals surface area (Å²) in [6, 6.07) is 5.08. The van der Waals surface area contributed by atoms with Crippen molar-refractivity contribution in [2.45, 2.75) is 19.8 Å². The van der Waals surface area contributed by atoms with E-state index in [4.69, 9.17) is 17.3 Å². The van der Waals surface area contributed by atoms with Crippen LogP contribution in [0.2, 0.25) is 5.02 Å². The van der Waals surface area contributed by atoms with Crippen LogP contribution in [0.25, 0.3) is 0 Å². The topological polar surface area (TPSA) is 58.4 Å². The maximum absolute atomic E-state index is 11.9. The molecule has 0 aliphatic carbocycles. The second kappa shape index (κ2) is 6.77. The van der Waals surface area contributed by atoms with Crippen molar-refractivity contribution in [3.05, 3.63) is 34.9 Å². The molecule has 0 saturated heterocycles. The largest absolute Gasteiger partial charge is 0.399 e. The van der Waals surface area contributed by atoms with Gasteiger partial charge in [0.1, 0.15) is 0 Å². The van der Waals surface area contributed by atoms with Gasteiger partial charge in [-0.1, -0.05) is 23.3 Å². The van der Waals surface area contributed by atoms with Gasteiger partial charge in [0.15, 0.2) is 0 Å². The number of hydrogen-bond acceptors (Lipinski definition) is 3. The third kappa shape index (κ3) is 4.25. The van der Waals surface area contributed by atoms with Crippen LogP contribution in [0, 0.1) is 0 Å². The smallest absolute Gasteiger partial charge is 0.225 e. The molecule has 1 heterocycles. The molecule has 0 bridgehead atoms. The van der Waals surface area contributed by atoms with Gasteiger partial charge in [0.2, 0.25) is 5.91 Å². The molecule has 3 N–H and O–H groups in total. The van der Waals surface area contributed by atoms with Gasteiger partial charge in [0.25, 0.3) is 0 Å². The third-order valence-corrected chi connectivity index (χ3v) is 3.76. The van der Waals surface area contributed by atoms with Crippen molar-refractivity contribution in [3.8, 4) is 0 Å². The molecule has 1 amide bonds. The van der Waals surface area contributed by atoms with E-state index in [1.54, 1.807) is 18.2 Å². The maximum Gasteiger partial charge on any atom is 0.225 e. The molecule has 5 heteroatoms. The molecule has 0 saturated carbocycles. The van der Waals surface area contributed by atoms with E-state index >= 15 is 0 Å². The number of hydrogen-bond donors (Lipinski definition) is 2. The monoisotopic (exact) mass is 293 g/mol. The van der Waals surface area contributed by atoms with E-state index in [1.165, 1.54) is 5.57 Å². The number of amides is 1. The number of rotatable bonds is 4. The highest BCUT2D eigenvalue weighted by molar-refractivity contribution is 6.34. The normalized spacial score (nSPS) is 15.8. The third-order valence-electron chi connectivity index (χ3n) is 3.44. The van der Waals surface area contributed by atoms with E-state index in [0.717, 1.165) is 26.1 Å². The second-order valence-electron chi connectivity index (χ2n) is 5.14. The van der Waals surface area contributed by atoms with Crippen LogP contribution in [0.5, 0.6) is 0 Å². The molecule has 1 aliphatic heterocycles.